The molecule has 7 heteroatoms. The number of aromatic carboxylic acids is 1. The molecule has 0 bridgehead atoms. The minimum atomic E-state index is -1.18. The molecule has 1 N–H and O–H groups in total. The molecule has 0 radical (unpaired) electrons. The zero-order valence-electron chi connectivity index (χ0n) is 8.95. The molecule has 0 unspecified atom stereocenters. The van der Waals surface area contributed by atoms with Gasteiger partial charge < -0.3 is 23.7 Å². The highest BCUT2D eigenvalue weighted by Gasteiger charge is 2.16. The van der Waals surface area contributed by atoms with E-state index in [4.69, 9.17) is 23.7 Å². The van der Waals surface area contributed by atoms with Crippen molar-refractivity contribution in [3.8, 4) is 23.3 Å². The van der Waals surface area contributed by atoms with E-state index in [2.05, 4.69) is 4.98 Å². The minimum Gasteiger partial charge on any atom is -0.476 e. The molecule has 0 fully saturated rings. The fraction of sp³-hybridized carbons (Fsp3) is 0.0909. The van der Waals surface area contributed by atoms with Gasteiger partial charge in [0.1, 0.15) is 12.0 Å². The van der Waals surface area contributed by atoms with Crippen molar-refractivity contribution in [2.75, 3.05) is 6.79 Å². The molecule has 2 aromatic rings. The van der Waals surface area contributed by atoms with Gasteiger partial charge in [-0.3, -0.25) is 0 Å². The van der Waals surface area contributed by atoms with E-state index in [-0.39, 0.29) is 18.6 Å². The molecule has 92 valence electrons. The molecule has 1 aliphatic heterocycles. The van der Waals surface area contributed by atoms with E-state index >= 15 is 0 Å². The van der Waals surface area contributed by atoms with Crippen molar-refractivity contribution < 1.29 is 28.5 Å². The summed E-state index contributed by atoms with van der Waals surface area (Å²) in [6.07, 6.45) is 0.858. The first-order chi connectivity index (χ1) is 8.72. The molecule has 0 saturated heterocycles. The standard InChI is InChI=1S/C11H7NO6/c13-10(14)7-4-15-11(12-7)18-6-1-2-8-9(3-6)17-5-16-8/h1-4H,5H2,(H,13,14). The molecule has 0 aliphatic carbocycles. The lowest BCUT2D eigenvalue weighted by Gasteiger charge is -2.01. The van der Waals surface area contributed by atoms with Crippen molar-refractivity contribution in [3.63, 3.8) is 0 Å². The quantitative estimate of drug-likeness (QED) is 0.887. The topological polar surface area (TPSA) is 91.0 Å². The van der Waals surface area contributed by atoms with E-state index in [1.165, 1.54) is 0 Å². The van der Waals surface area contributed by atoms with Crippen LogP contribution in [0, 0.1) is 0 Å². The fourth-order valence-corrected chi connectivity index (χ4v) is 1.44. The lowest BCUT2D eigenvalue weighted by Crippen LogP contribution is -1.95. The van der Waals surface area contributed by atoms with Crippen molar-refractivity contribution in [2.24, 2.45) is 0 Å². The van der Waals surface area contributed by atoms with Crippen molar-refractivity contribution >= 4 is 5.97 Å². The number of carbonyl (C=O) groups is 1. The van der Waals surface area contributed by atoms with Crippen LogP contribution in [-0.2, 0) is 0 Å². The minimum absolute atomic E-state index is 0.147. The molecule has 0 amide bonds. The summed E-state index contributed by atoms with van der Waals surface area (Å²) in [4.78, 5) is 14.2. The smallest absolute Gasteiger partial charge is 0.399 e. The van der Waals surface area contributed by atoms with Gasteiger partial charge in [0, 0.05) is 6.07 Å². The maximum atomic E-state index is 10.6. The van der Waals surface area contributed by atoms with E-state index in [1.54, 1.807) is 18.2 Å². The van der Waals surface area contributed by atoms with Crippen molar-refractivity contribution in [1.29, 1.82) is 0 Å². The molecule has 2 heterocycles. The number of rotatable bonds is 3. The average molecular weight is 249 g/mol. The first kappa shape index (κ1) is 10.5. The molecule has 18 heavy (non-hydrogen) atoms. The normalized spacial score (nSPS) is 12.4. The monoisotopic (exact) mass is 249 g/mol. The van der Waals surface area contributed by atoms with Crippen LogP contribution >= 0.6 is 0 Å². The number of nitrogens with zero attached hydrogens (tertiary/aromatic N) is 1. The van der Waals surface area contributed by atoms with Gasteiger partial charge in [0.15, 0.2) is 17.2 Å². The highest BCUT2D eigenvalue weighted by Crippen LogP contribution is 2.36. The highest BCUT2D eigenvalue weighted by atomic mass is 16.7. The molecule has 1 aromatic heterocycles. The van der Waals surface area contributed by atoms with Crippen LogP contribution in [0.5, 0.6) is 23.3 Å². The third-order valence-electron chi connectivity index (χ3n) is 2.25. The second-order valence-corrected chi connectivity index (χ2v) is 3.42. The third kappa shape index (κ3) is 1.81. The summed E-state index contributed by atoms with van der Waals surface area (Å²) in [6, 6.07) is 4.92. The summed E-state index contributed by atoms with van der Waals surface area (Å²) in [5.74, 6) is 0.413. The number of carboxylic acid groups (broad SMARTS) is 1. The Labute approximate surface area is 101 Å². The summed E-state index contributed by atoms with van der Waals surface area (Å²) in [6.45, 7) is 0.168. The first-order valence-corrected chi connectivity index (χ1v) is 4.99. The van der Waals surface area contributed by atoms with Gasteiger partial charge >= 0.3 is 12.0 Å². The largest absolute Gasteiger partial charge is 0.476 e. The fourth-order valence-electron chi connectivity index (χ4n) is 1.44. The second kappa shape index (κ2) is 3.95. The molecule has 0 atom stereocenters. The maximum absolute atomic E-state index is 10.6. The number of benzene rings is 1. The number of fused-ring (bicyclic) bond motifs is 1. The Morgan fingerprint density at radius 2 is 2.17 bits per heavy atom. The van der Waals surface area contributed by atoms with Crippen LogP contribution in [0.2, 0.25) is 0 Å². The van der Waals surface area contributed by atoms with Crippen LogP contribution in [0.1, 0.15) is 10.5 Å². The predicted octanol–water partition coefficient (Wildman–Crippen LogP) is 1.89. The molecule has 3 rings (SSSR count). The van der Waals surface area contributed by atoms with Crippen LogP contribution in [0.15, 0.2) is 28.9 Å². The van der Waals surface area contributed by atoms with Gasteiger partial charge in [-0.2, -0.15) is 4.98 Å². The second-order valence-electron chi connectivity index (χ2n) is 3.42. The van der Waals surface area contributed by atoms with Crippen LogP contribution in [0.3, 0.4) is 0 Å². The van der Waals surface area contributed by atoms with Crippen LogP contribution < -0.4 is 14.2 Å². The van der Waals surface area contributed by atoms with Gasteiger partial charge in [-0.25, -0.2) is 4.79 Å². The number of oxazole rings is 1. The summed E-state index contributed by atoms with van der Waals surface area (Å²) < 4.78 is 20.4. The molecule has 0 spiro atoms. The Morgan fingerprint density at radius 1 is 1.33 bits per heavy atom. The molecule has 1 aromatic carbocycles. The zero-order chi connectivity index (χ0) is 12.5. The number of hydrogen-bond acceptors (Lipinski definition) is 6. The lowest BCUT2D eigenvalue weighted by atomic mass is 10.3. The molecule has 1 aliphatic rings. The molecular weight excluding hydrogens is 242 g/mol. The average Bonchev–Trinajstić information content (AvgIpc) is 2.96. The van der Waals surface area contributed by atoms with E-state index in [9.17, 15) is 4.79 Å². The van der Waals surface area contributed by atoms with Crippen molar-refractivity contribution in [3.05, 3.63) is 30.2 Å². The SMILES string of the molecule is O=C(O)c1coc(Oc2ccc3c(c2)OCO3)n1. The Kier molecular flexibility index (Phi) is 2.30. The third-order valence-corrected chi connectivity index (χ3v) is 2.25. The van der Waals surface area contributed by atoms with Gasteiger partial charge in [-0.05, 0) is 12.1 Å². The highest BCUT2D eigenvalue weighted by molar-refractivity contribution is 5.84. The Balaban J connectivity index is 1.81. The van der Waals surface area contributed by atoms with E-state index in [1.807, 2.05) is 0 Å². The number of ether oxygens (including phenoxy) is 3. The number of hydrogen-bond donors (Lipinski definition) is 1. The summed E-state index contributed by atoms with van der Waals surface area (Å²) >= 11 is 0. The summed E-state index contributed by atoms with van der Waals surface area (Å²) in [7, 11) is 0. The van der Waals surface area contributed by atoms with Gasteiger partial charge in [0.05, 0.1) is 0 Å². The first-order valence-electron chi connectivity index (χ1n) is 4.99. The molecule has 7 nitrogen and oxygen atoms in total. The van der Waals surface area contributed by atoms with E-state index in [0.29, 0.717) is 17.2 Å². The van der Waals surface area contributed by atoms with Crippen molar-refractivity contribution in [2.45, 2.75) is 0 Å². The lowest BCUT2D eigenvalue weighted by molar-refractivity contribution is 0.0690. The van der Waals surface area contributed by atoms with Crippen LogP contribution in [0.25, 0.3) is 0 Å². The van der Waals surface area contributed by atoms with E-state index in [0.717, 1.165) is 6.26 Å². The molecular formula is C11H7NO6. The summed E-state index contributed by atoms with van der Waals surface area (Å²) in [5.41, 5.74) is -0.217. The zero-order valence-corrected chi connectivity index (χ0v) is 8.95. The van der Waals surface area contributed by atoms with Gasteiger partial charge in [-0.1, -0.05) is 0 Å². The van der Waals surface area contributed by atoms with Crippen molar-refractivity contribution in [1.82, 2.24) is 4.98 Å². The number of aromatic nitrogens is 1. The molecule has 0 saturated carbocycles. The summed E-state index contributed by atoms with van der Waals surface area (Å²) in [5, 5.41) is 8.68. The van der Waals surface area contributed by atoms with Crippen LogP contribution in [0.4, 0.5) is 0 Å². The van der Waals surface area contributed by atoms with Gasteiger partial charge in [-0.15, -0.1) is 0 Å². The Bertz CT molecular complexity index is 605. The number of carboxylic acids is 1. The Hall–Kier alpha value is -2.70. The maximum Gasteiger partial charge on any atom is 0.399 e. The predicted molar refractivity (Wildman–Crippen MR) is 56.1 cm³/mol. The van der Waals surface area contributed by atoms with Gasteiger partial charge in [0.25, 0.3) is 0 Å². The Morgan fingerprint density at radius 3 is 2.94 bits per heavy atom. The van der Waals surface area contributed by atoms with Crippen LogP contribution in [-0.4, -0.2) is 22.9 Å². The van der Waals surface area contributed by atoms with Gasteiger partial charge in [0.2, 0.25) is 6.79 Å². The van der Waals surface area contributed by atoms with E-state index < -0.39 is 5.97 Å².